The molecule has 1 radical (unpaired) electrons. The second-order valence-corrected chi connectivity index (χ2v) is 3.73. The van der Waals surface area contributed by atoms with Crippen molar-refractivity contribution >= 4 is 22.4 Å². The lowest BCUT2D eigenvalue weighted by molar-refractivity contribution is 0.108. The van der Waals surface area contributed by atoms with E-state index < -0.39 is 6.10 Å². The lowest BCUT2D eigenvalue weighted by atomic mass is 10.0. The summed E-state index contributed by atoms with van der Waals surface area (Å²) in [5.74, 6) is 0. The van der Waals surface area contributed by atoms with Gasteiger partial charge in [0, 0.05) is 10.6 Å². The van der Waals surface area contributed by atoms with E-state index in [0.29, 0.717) is 10.6 Å². The van der Waals surface area contributed by atoms with Crippen LogP contribution in [0.2, 0.25) is 5.02 Å². The molecule has 14 heavy (non-hydrogen) atoms. The Morgan fingerprint density at radius 2 is 1.86 bits per heavy atom. The van der Waals surface area contributed by atoms with E-state index in [1.165, 1.54) is 0 Å². The maximum absolute atomic E-state index is 11.5. The normalized spacial score (nSPS) is 13.1. The van der Waals surface area contributed by atoms with Crippen molar-refractivity contribution < 1.29 is 5.11 Å². The maximum atomic E-state index is 11.5. The van der Waals surface area contributed by atoms with Crippen LogP contribution in [0.15, 0.2) is 36.4 Å². The van der Waals surface area contributed by atoms with Crippen LogP contribution in [0.3, 0.4) is 0 Å². The molecule has 2 aromatic carbocycles. The average Bonchev–Trinajstić information content (AvgIpc) is 2.17. The Balaban J connectivity index is 2.83. The molecule has 1 unspecified atom stereocenters. The Morgan fingerprint density at radius 3 is 2.57 bits per heavy atom. The van der Waals surface area contributed by atoms with E-state index in [9.17, 15) is 5.11 Å². The molecule has 2 heteroatoms. The highest BCUT2D eigenvalue weighted by Gasteiger charge is 2.11. The SMILES string of the molecule is CC([O])c1c(Cl)ccc2ccccc12. The molecule has 0 saturated heterocycles. The first kappa shape index (κ1) is 9.50. The fourth-order valence-electron chi connectivity index (χ4n) is 1.68. The van der Waals surface area contributed by atoms with Gasteiger partial charge in [-0.05, 0) is 23.8 Å². The van der Waals surface area contributed by atoms with E-state index in [4.69, 9.17) is 11.6 Å². The van der Waals surface area contributed by atoms with Gasteiger partial charge in [-0.25, -0.2) is 5.11 Å². The standard InChI is InChI=1S/C12H10ClO/c1-8(14)12-10-5-3-2-4-9(10)6-7-11(12)13/h2-8H,1H3. The van der Waals surface area contributed by atoms with E-state index in [1.807, 2.05) is 30.3 Å². The van der Waals surface area contributed by atoms with Crippen molar-refractivity contribution in [2.75, 3.05) is 0 Å². The lowest BCUT2D eigenvalue weighted by Crippen LogP contribution is -1.92. The third-order valence-electron chi connectivity index (χ3n) is 2.32. The molecule has 1 atom stereocenters. The van der Waals surface area contributed by atoms with E-state index in [0.717, 1.165) is 10.8 Å². The van der Waals surface area contributed by atoms with Crippen LogP contribution in [0.5, 0.6) is 0 Å². The van der Waals surface area contributed by atoms with Crippen LogP contribution in [-0.2, 0) is 5.11 Å². The maximum Gasteiger partial charge on any atom is 0.117 e. The third kappa shape index (κ3) is 1.49. The Hall–Kier alpha value is -1.05. The summed E-state index contributed by atoms with van der Waals surface area (Å²) in [7, 11) is 0. The monoisotopic (exact) mass is 205 g/mol. The van der Waals surface area contributed by atoms with Crippen LogP contribution in [0.1, 0.15) is 18.6 Å². The van der Waals surface area contributed by atoms with Gasteiger partial charge < -0.3 is 0 Å². The van der Waals surface area contributed by atoms with Crippen molar-refractivity contribution in [3.05, 3.63) is 47.0 Å². The van der Waals surface area contributed by atoms with Crippen molar-refractivity contribution in [1.82, 2.24) is 0 Å². The topological polar surface area (TPSA) is 19.9 Å². The van der Waals surface area contributed by atoms with E-state index in [-0.39, 0.29) is 0 Å². The van der Waals surface area contributed by atoms with Gasteiger partial charge in [0.1, 0.15) is 6.10 Å². The summed E-state index contributed by atoms with van der Waals surface area (Å²) in [4.78, 5) is 0. The smallest absolute Gasteiger partial charge is 0.117 e. The van der Waals surface area contributed by atoms with Gasteiger partial charge in [-0.1, -0.05) is 41.9 Å². The van der Waals surface area contributed by atoms with Gasteiger partial charge in [0.15, 0.2) is 0 Å². The molecule has 0 saturated carbocycles. The molecule has 2 rings (SSSR count). The first-order valence-corrected chi connectivity index (χ1v) is 4.91. The van der Waals surface area contributed by atoms with Gasteiger partial charge in [0.05, 0.1) is 0 Å². The summed E-state index contributed by atoms with van der Waals surface area (Å²) in [5, 5.41) is 14.1. The minimum atomic E-state index is -0.784. The Kier molecular flexibility index (Phi) is 2.44. The first-order chi connectivity index (χ1) is 6.70. The van der Waals surface area contributed by atoms with Crippen molar-refractivity contribution in [2.24, 2.45) is 0 Å². The largest absolute Gasteiger partial charge is 0.228 e. The molecule has 0 spiro atoms. The molecule has 0 amide bonds. The van der Waals surface area contributed by atoms with Crippen LogP contribution in [-0.4, -0.2) is 0 Å². The van der Waals surface area contributed by atoms with Crippen LogP contribution in [0, 0.1) is 0 Å². The number of hydrogen-bond donors (Lipinski definition) is 0. The lowest BCUT2D eigenvalue weighted by Gasteiger charge is -2.09. The fraction of sp³-hybridized carbons (Fsp3) is 0.167. The van der Waals surface area contributed by atoms with Crippen molar-refractivity contribution in [1.29, 1.82) is 0 Å². The van der Waals surface area contributed by atoms with Gasteiger partial charge in [0.25, 0.3) is 0 Å². The zero-order chi connectivity index (χ0) is 10.1. The Labute approximate surface area is 87.9 Å². The molecule has 0 aliphatic carbocycles. The molecule has 2 aromatic rings. The van der Waals surface area contributed by atoms with Gasteiger partial charge in [-0.2, -0.15) is 0 Å². The number of hydrogen-bond acceptors (Lipinski definition) is 0. The van der Waals surface area contributed by atoms with Crippen LogP contribution >= 0.6 is 11.6 Å². The molecular formula is C12H10ClO. The summed E-state index contributed by atoms with van der Waals surface area (Å²) >= 11 is 6.00. The van der Waals surface area contributed by atoms with Crippen LogP contribution < -0.4 is 0 Å². The number of halogens is 1. The number of rotatable bonds is 1. The minimum absolute atomic E-state index is 0.561. The number of benzene rings is 2. The minimum Gasteiger partial charge on any atom is -0.228 e. The van der Waals surface area contributed by atoms with Gasteiger partial charge in [-0.15, -0.1) is 0 Å². The van der Waals surface area contributed by atoms with Gasteiger partial charge in [0.2, 0.25) is 0 Å². The van der Waals surface area contributed by atoms with Crippen LogP contribution in [0.4, 0.5) is 0 Å². The Morgan fingerprint density at radius 1 is 1.14 bits per heavy atom. The second kappa shape index (κ2) is 3.60. The molecule has 0 heterocycles. The molecule has 0 aliphatic rings. The summed E-state index contributed by atoms with van der Waals surface area (Å²) in [6, 6.07) is 11.5. The predicted molar refractivity (Wildman–Crippen MR) is 58.1 cm³/mol. The predicted octanol–water partition coefficient (Wildman–Crippen LogP) is 3.98. The van der Waals surface area contributed by atoms with Crippen molar-refractivity contribution in [3.63, 3.8) is 0 Å². The second-order valence-electron chi connectivity index (χ2n) is 3.32. The third-order valence-corrected chi connectivity index (χ3v) is 2.65. The quantitative estimate of drug-likeness (QED) is 0.671. The molecular weight excluding hydrogens is 196 g/mol. The highest BCUT2D eigenvalue weighted by atomic mass is 35.5. The Bertz CT molecular complexity index is 463. The van der Waals surface area contributed by atoms with Gasteiger partial charge in [-0.3, -0.25) is 0 Å². The summed E-state index contributed by atoms with van der Waals surface area (Å²) in [5.41, 5.74) is 0.699. The van der Waals surface area contributed by atoms with E-state index in [1.54, 1.807) is 13.0 Å². The molecule has 0 N–H and O–H groups in total. The van der Waals surface area contributed by atoms with E-state index in [2.05, 4.69) is 0 Å². The molecule has 0 aromatic heterocycles. The summed E-state index contributed by atoms with van der Waals surface area (Å²) in [6.45, 7) is 1.62. The first-order valence-electron chi connectivity index (χ1n) is 4.53. The highest BCUT2D eigenvalue weighted by molar-refractivity contribution is 6.32. The molecule has 0 fully saturated rings. The average molecular weight is 206 g/mol. The van der Waals surface area contributed by atoms with E-state index >= 15 is 0 Å². The van der Waals surface area contributed by atoms with Crippen LogP contribution in [0.25, 0.3) is 10.8 Å². The summed E-state index contributed by atoms with van der Waals surface area (Å²) < 4.78 is 0. The highest BCUT2D eigenvalue weighted by Crippen LogP contribution is 2.31. The van der Waals surface area contributed by atoms with Crippen molar-refractivity contribution in [3.8, 4) is 0 Å². The fourth-order valence-corrected chi connectivity index (χ4v) is 2.00. The zero-order valence-electron chi connectivity index (χ0n) is 7.83. The molecule has 71 valence electrons. The van der Waals surface area contributed by atoms with Crippen molar-refractivity contribution in [2.45, 2.75) is 13.0 Å². The summed E-state index contributed by atoms with van der Waals surface area (Å²) in [6.07, 6.45) is -0.784. The molecule has 0 bridgehead atoms. The molecule has 0 aliphatic heterocycles. The molecule has 1 nitrogen and oxygen atoms in total. The zero-order valence-corrected chi connectivity index (χ0v) is 8.58. The van der Waals surface area contributed by atoms with Gasteiger partial charge >= 0.3 is 0 Å². The number of fused-ring (bicyclic) bond motifs is 1.